The smallest absolute Gasteiger partial charge is 0.231 e. The monoisotopic (exact) mass is 296 g/mol. The molecule has 4 nitrogen and oxygen atoms in total. The third kappa shape index (κ3) is 1.81. The lowest BCUT2D eigenvalue weighted by Gasteiger charge is -2.10. The topological polar surface area (TPSA) is 51.8 Å². The second-order valence-corrected chi connectivity index (χ2v) is 4.55. The zero-order chi connectivity index (χ0) is 11.8. The van der Waals surface area contributed by atoms with E-state index in [2.05, 4.69) is 15.9 Å². The van der Waals surface area contributed by atoms with E-state index in [1.54, 1.807) is 12.1 Å². The van der Waals surface area contributed by atoms with Gasteiger partial charge in [0.15, 0.2) is 11.5 Å². The highest BCUT2D eigenvalue weighted by atomic mass is 79.9. The number of hydrogen-bond donors (Lipinski definition) is 1. The summed E-state index contributed by atoms with van der Waals surface area (Å²) in [4.78, 5) is 0. The van der Waals surface area contributed by atoms with Crippen molar-refractivity contribution in [1.29, 1.82) is 0 Å². The molecule has 1 aliphatic rings. The van der Waals surface area contributed by atoms with Gasteiger partial charge in [0.25, 0.3) is 0 Å². The molecule has 0 spiro atoms. The van der Waals surface area contributed by atoms with E-state index >= 15 is 0 Å². The van der Waals surface area contributed by atoms with Crippen LogP contribution in [0.1, 0.15) is 17.2 Å². The fourth-order valence-electron chi connectivity index (χ4n) is 1.77. The molecule has 1 aliphatic heterocycles. The number of aliphatic hydroxyl groups is 1. The van der Waals surface area contributed by atoms with E-state index in [1.807, 2.05) is 6.07 Å². The minimum absolute atomic E-state index is 0.208. The Kier molecular flexibility index (Phi) is 2.57. The molecule has 1 aromatic heterocycles. The van der Waals surface area contributed by atoms with Crippen molar-refractivity contribution < 1.29 is 19.0 Å². The SMILES string of the molecule is OC(c1ccoc1)c1cc(Br)c2c(c1)OCO2. The van der Waals surface area contributed by atoms with Crippen LogP contribution in [0.4, 0.5) is 0 Å². The average molecular weight is 297 g/mol. The molecule has 88 valence electrons. The summed E-state index contributed by atoms with van der Waals surface area (Å²) in [7, 11) is 0. The van der Waals surface area contributed by atoms with E-state index in [9.17, 15) is 5.11 Å². The van der Waals surface area contributed by atoms with Gasteiger partial charge in [-0.05, 0) is 39.7 Å². The molecule has 1 unspecified atom stereocenters. The summed E-state index contributed by atoms with van der Waals surface area (Å²) in [5.41, 5.74) is 1.43. The van der Waals surface area contributed by atoms with Crippen LogP contribution >= 0.6 is 15.9 Å². The van der Waals surface area contributed by atoms with Gasteiger partial charge in [-0.3, -0.25) is 0 Å². The Morgan fingerprint density at radius 3 is 2.88 bits per heavy atom. The summed E-state index contributed by atoms with van der Waals surface area (Å²) < 4.78 is 16.3. The fourth-order valence-corrected chi connectivity index (χ4v) is 2.34. The van der Waals surface area contributed by atoms with E-state index in [-0.39, 0.29) is 6.79 Å². The van der Waals surface area contributed by atoms with Gasteiger partial charge in [0, 0.05) is 5.56 Å². The molecule has 0 amide bonds. The van der Waals surface area contributed by atoms with Gasteiger partial charge in [-0.1, -0.05) is 0 Å². The Balaban J connectivity index is 2.02. The van der Waals surface area contributed by atoms with Gasteiger partial charge in [0.1, 0.15) is 6.10 Å². The fraction of sp³-hybridized carbons (Fsp3) is 0.167. The summed E-state index contributed by atoms with van der Waals surface area (Å²) in [6.45, 7) is 0.208. The Bertz CT molecular complexity index is 536. The molecule has 1 aromatic carbocycles. The molecule has 0 radical (unpaired) electrons. The van der Waals surface area contributed by atoms with Crippen molar-refractivity contribution in [2.75, 3.05) is 6.79 Å². The van der Waals surface area contributed by atoms with Crippen molar-refractivity contribution in [2.24, 2.45) is 0 Å². The first kappa shape index (κ1) is 10.7. The van der Waals surface area contributed by atoms with Gasteiger partial charge in [-0.2, -0.15) is 0 Å². The molecule has 5 heteroatoms. The molecule has 3 rings (SSSR count). The normalized spacial score (nSPS) is 14.9. The van der Waals surface area contributed by atoms with Crippen LogP contribution < -0.4 is 9.47 Å². The predicted octanol–water partition coefficient (Wildman–Crippen LogP) is 2.85. The Hall–Kier alpha value is -1.46. The van der Waals surface area contributed by atoms with Crippen molar-refractivity contribution >= 4 is 15.9 Å². The predicted molar refractivity (Wildman–Crippen MR) is 63.0 cm³/mol. The lowest BCUT2D eigenvalue weighted by molar-refractivity contribution is 0.173. The third-order valence-electron chi connectivity index (χ3n) is 2.62. The van der Waals surface area contributed by atoms with Crippen molar-refractivity contribution in [3.63, 3.8) is 0 Å². The molecule has 1 atom stereocenters. The first-order chi connectivity index (χ1) is 8.25. The first-order valence-electron chi connectivity index (χ1n) is 5.05. The van der Waals surface area contributed by atoms with Crippen LogP contribution in [0, 0.1) is 0 Å². The van der Waals surface area contributed by atoms with Crippen molar-refractivity contribution in [3.8, 4) is 11.5 Å². The van der Waals surface area contributed by atoms with Gasteiger partial charge in [0.05, 0.1) is 17.0 Å². The maximum atomic E-state index is 10.2. The Labute approximate surface area is 106 Å². The van der Waals surface area contributed by atoms with E-state index in [0.29, 0.717) is 17.1 Å². The van der Waals surface area contributed by atoms with Crippen LogP contribution in [0.25, 0.3) is 0 Å². The first-order valence-corrected chi connectivity index (χ1v) is 5.84. The molecule has 17 heavy (non-hydrogen) atoms. The molecular formula is C12H9BrO4. The minimum atomic E-state index is -0.737. The summed E-state index contributed by atoms with van der Waals surface area (Å²) >= 11 is 3.39. The third-order valence-corrected chi connectivity index (χ3v) is 3.21. The molecule has 0 aliphatic carbocycles. The molecular weight excluding hydrogens is 288 g/mol. The molecule has 0 saturated heterocycles. The number of hydrogen-bond acceptors (Lipinski definition) is 4. The number of benzene rings is 1. The highest BCUT2D eigenvalue weighted by molar-refractivity contribution is 9.10. The quantitative estimate of drug-likeness (QED) is 0.926. The molecule has 0 fully saturated rings. The molecule has 2 heterocycles. The second-order valence-electron chi connectivity index (χ2n) is 3.70. The zero-order valence-electron chi connectivity index (χ0n) is 8.72. The van der Waals surface area contributed by atoms with Gasteiger partial charge in [0.2, 0.25) is 6.79 Å². The Morgan fingerprint density at radius 2 is 2.12 bits per heavy atom. The second kappa shape index (κ2) is 4.09. The van der Waals surface area contributed by atoms with Crippen LogP contribution in [-0.4, -0.2) is 11.9 Å². The van der Waals surface area contributed by atoms with Crippen molar-refractivity contribution in [1.82, 2.24) is 0 Å². The van der Waals surface area contributed by atoms with E-state index in [4.69, 9.17) is 13.9 Å². The minimum Gasteiger partial charge on any atom is -0.472 e. The van der Waals surface area contributed by atoms with Gasteiger partial charge in [-0.25, -0.2) is 0 Å². The highest BCUT2D eigenvalue weighted by Gasteiger charge is 2.21. The molecule has 1 N–H and O–H groups in total. The maximum Gasteiger partial charge on any atom is 0.231 e. The van der Waals surface area contributed by atoms with Crippen LogP contribution in [0.15, 0.2) is 39.6 Å². The maximum absolute atomic E-state index is 10.2. The van der Waals surface area contributed by atoms with Gasteiger partial charge >= 0.3 is 0 Å². The molecule has 0 bridgehead atoms. The number of furan rings is 1. The summed E-state index contributed by atoms with van der Waals surface area (Å²) in [6.07, 6.45) is 2.31. The van der Waals surface area contributed by atoms with Crippen molar-refractivity contribution in [2.45, 2.75) is 6.10 Å². The number of fused-ring (bicyclic) bond motifs is 1. The Morgan fingerprint density at radius 1 is 1.24 bits per heavy atom. The van der Waals surface area contributed by atoms with E-state index in [0.717, 1.165) is 10.0 Å². The number of rotatable bonds is 2. The summed E-state index contributed by atoms with van der Waals surface area (Å²) in [5.74, 6) is 1.31. The number of ether oxygens (including phenoxy) is 2. The lowest BCUT2D eigenvalue weighted by Crippen LogP contribution is -1.98. The van der Waals surface area contributed by atoms with E-state index < -0.39 is 6.10 Å². The largest absolute Gasteiger partial charge is 0.472 e. The standard InChI is InChI=1S/C12H9BrO4/c13-9-3-8(4-10-12(9)17-6-16-10)11(14)7-1-2-15-5-7/h1-5,11,14H,6H2. The van der Waals surface area contributed by atoms with Crippen LogP contribution in [0.5, 0.6) is 11.5 Å². The molecule has 2 aromatic rings. The number of aliphatic hydroxyl groups excluding tert-OH is 1. The number of halogens is 1. The zero-order valence-corrected chi connectivity index (χ0v) is 10.3. The summed E-state index contributed by atoms with van der Waals surface area (Å²) in [5, 5.41) is 10.2. The highest BCUT2D eigenvalue weighted by Crippen LogP contribution is 2.42. The molecule has 0 saturated carbocycles. The lowest BCUT2D eigenvalue weighted by atomic mass is 10.0. The van der Waals surface area contributed by atoms with Crippen LogP contribution in [0.3, 0.4) is 0 Å². The van der Waals surface area contributed by atoms with Gasteiger partial charge in [-0.15, -0.1) is 0 Å². The van der Waals surface area contributed by atoms with Crippen LogP contribution in [-0.2, 0) is 0 Å². The van der Waals surface area contributed by atoms with E-state index in [1.165, 1.54) is 12.5 Å². The van der Waals surface area contributed by atoms with Crippen molar-refractivity contribution in [3.05, 3.63) is 46.3 Å². The average Bonchev–Trinajstić information content (AvgIpc) is 2.98. The van der Waals surface area contributed by atoms with Crippen LogP contribution in [0.2, 0.25) is 0 Å². The summed E-state index contributed by atoms with van der Waals surface area (Å²) in [6, 6.07) is 5.30. The van der Waals surface area contributed by atoms with Gasteiger partial charge < -0.3 is 19.0 Å².